The molecule has 1 aliphatic heterocycles. The van der Waals surface area contributed by atoms with Crippen LogP contribution in [0.5, 0.6) is 5.75 Å². The van der Waals surface area contributed by atoms with Crippen LogP contribution in [-0.2, 0) is 11.3 Å². The Morgan fingerprint density at radius 1 is 1.17 bits per heavy atom. The first kappa shape index (κ1) is 25.7. The molecule has 3 aromatic rings. The monoisotopic (exact) mass is 495 g/mol. The Morgan fingerprint density at radius 2 is 1.92 bits per heavy atom. The molecule has 0 radical (unpaired) electrons. The number of halogens is 1. The number of alkyl halides is 1. The molecule has 8 heteroatoms. The van der Waals surface area contributed by atoms with E-state index in [0.717, 1.165) is 29.4 Å². The minimum atomic E-state index is -1.32. The van der Waals surface area contributed by atoms with Crippen molar-refractivity contribution >= 4 is 16.9 Å². The van der Waals surface area contributed by atoms with E-state index < -0.39 is 24.0 Å². The van der Waals surface area contributed by atoms with Crippen molar-refractivity contribution in [2.75, 3.05) is 13.1 Å². The number of ether oxygens (including phenoxy) is 2. The summed E-state index contributed by atoms with van der Waals surface area (Å²) < 4.78 is 27.9. The molecule has 1 amide bonds. The number of aryl methyl sites for hydroxylation is 1. The second-order valence-corrected chi connectivity index (χ2v) is 10.2. The third-order valence-corrected chi connectivity index (χ3v) is 6.23. The van der Waals surface area contributed by atoms with Gasteiger partial charge < -0.3 is 18.9 Å². The molecule has 7 nitrogen and oxygen atoms in total. The Hall–Kier alpha value is -3.42. The van der Waals surface area contributed by atoms with Gasteiger partial charge in [0.2, 0.25) is 0 Å². The van der Waals surface area contributed by atoms with Crippen molar-refractivity contribution < 1.29 is 18.7 Å². The van der Waals surface area contributed by atoms with Gasteiger partial charge in [0.1, 0.15) is 17.5 Å². The van der Waals surface area contributed by atoms with Crippen LogP contribution in [-0.4, -0.2) is 51.5 Å². The zero-order valence-electron chi connectivity index (χ0n) is 21.4. The first-order chi connectivity index (χ1) is 17.2. The van der Waals surface area contributed by atoms with Crippen LogP contribution in [0.2, 0.25) is 0 Å². The normalized spacial score (nSPS) is 18.3. The van der Waals surface area contributed by atoms with Gasteiger partial charge in [-0.15, -0.1) is 0 Å². The number of carbonyl (C=O) groups is 1. The molecule has 1 aliphatic rings. The van der Waals surface area contributed by atoms with E-state index in [-0.39, 0.29) is 12.1 Å². The summed E-state index contributed by atoms with van der Waals surface area (Å²) >= 11 is 0. The molecular weight excluding hydrogens is 461 g/mol. The van der Waals surface area contributed by atoms with Crippen molar-refractivity contribution in [2.24, 2.45) is 0 Å². The molecule has 3 heterocycles. The summed E-state index contributed by atoms with van der Waals surface area (Å²) in [6.45, 7) is 8.42. The van der Waals surface area contributed by atoms with Gasteiger partial charge in [-0.3, -0.25) is 9.78 Å². The average molecular weight is 496 g/mol. The molecule has 1 aromatic carbocycles. The summed E-state index contributed by atoms with van der Waals surface area (Å²) in [4.78, 5) is 30.7. The minimum Gasteiger partial charge on any atom is -0.487 e. The van der Waals surface area contributed by atoms with Crippen LogP contribution in [0, 0.1) is 0 Å². The van der Waals surface area contributed by atoms with E-state index in [4.69, 9.17) is 9.47 Å². The van der Waals surface area contributed by atoms with Gasteiger partial charge >= 0.3 is 6.09 Å². The largest absolute Gasteiger partial charge is 0.487 e. The van der Waals surface area contributed by atoms with Gasteiger partial charge in [0.25, 0.3) is 5.56 Å². The number of unbranched alkanes of at least 4 members (excludes halogenated alkanes) is 1. The van der Waals surface area contributed by atoms with Crippen LogP contribution in [0.3, 0.4) is 0 Å². The fraction of sp³-hybridized carbons (Fsp3) is 0.464. The van der Waals surface area contributed by atoms with Crippen molar-refractivity contribution in [3.63, 3.8) is 0 Å². The highest BCUT2D eigenvalue weighted by Crippen LogP contribution is 2.29. The lowest BCUT2D eigenvalue weighted by Gasteiger charge is -2.35. The maximum absolute atomic E-state index is 14.9. The fourth-order valence-electron chi connectivity index (χ4n) is 4.36. The number of aromatic nitrogens is 2. The van der Waals surface area contributed by atoms with Crippen molar-refractivity contribution in [2.45, 2.75) is 71.4 Å². The lowest BCUT2D eigenvalue weighted by molar-refractivity contribution is -0.0105. The number of rotatable bonds is 6. The molecular formula is C28H34FN3O4. The SMILES string of the molecule is CCCCn1cc(-c2ccc(O[C@H]3CCN(C(=O)OC(C)(C)C)C[C@@H]3F)cc2)c2ccncc2c1=O. The van der Waals surface area contributed by atoms with Gasteiger partial charge in [-0.2, -0.15) is 0 Å². The van der Waals surface area contributed by atoms with Crippen molar-refractivity contribution in [3.05, 3.63) is 59.3 Å². The van der Waals surface area contributed by atoms with Gasteiger partial charge in [0.15, 0.2) is 6.17 Å². The Bertz CT molecular complexity index is 1270. The molecule has 192 valence electrons. The number of amides is 1. The summed E-state index contributed by atoms with van der Waals surface area (Å²) in [5, 5.41) is 1.43. The third kappa shape index (κ3) is 5.86. The second-order valence-electron chi connectivity index (χ2n) is 10.2. The van der Waals surface area contributed by atoms with Gasteiger partial charge in [0.05, 0.1) is 11.9 Å². The number of nitrogens with zero attached hydrogens (tertiary/aromatic N) is 3. The van der Waals surface area contributed by atoms with E-state index in [2.05, 4.69) is 11.9 Å². The van der Waals surface area contributed by atoms with E-state index in [0.29, 0.717) is 30.6 Å². The molecule has 1 fully saturated rings. The number of fused-ring (bicyclic) bond motifs is 1. The highest BCUT2D eigenvalue weighted by atomic mass is 19.1. The predicted octanol–water partition coefficient (Wildman–Crippen LogP) is 5.59. The summed E-state index contributed by atoms with van der Waals surface area (Å²) in [7, 11) is 0. The highest BCUT2D eigenvalue weighted by Gasteiger charge is 2.35. The molecule has 2 atom stereocenters. The summed E-state index contributed by atoms with van der Waals surface area (Å²) in [5.41, 5.74) is 1.20. The van der Waals surface area contributed by atoms with E-state index in [1.54, 1.807) is 37.7 Å². The van der Waals surface area contributed by atoms with Crippen LogP contribution in [0.15, 0.2) is 53.7 Å². The summed E-state index contributed by atoms with van der Waals surface area (Å²) in [5.74, 6) is 0.558. The maximum Gasteiger partial charge on any atom is 0.410 e. The van der Waals surface area contributed by atoms with Gasteiger partial charge in [-0.25, -0.2) is 9.18 Å². The molecule has 1 saturated heterocycles. The third-order valence-electron chi connectivity index (χ3n) is 6.23. The molecule has 0 unspecified atom stereocenters. The molecule has 36 heavy (non-hydrogen) atoms. The molecule has 0 saturated carbocycles. The number of hydrogen-bond acceptors (Lipinski definition) is 5. The molecule has 0 spiro atoms. The van der Waals surface area contributed by atoms with Gasteiger partial charge in [0, 0.05) is 43.7 Å². The van der Waals surface area contributed by atoms with Crippen molar-refractivity contribution in [1.82, 2.24) is 14.5 Å². The lowest BCUT2D eigenvalue weighted by Crippen LogP contribution is -2.50. The van der Waals surface area contributed by atoms with E-state index in [9.17, 15) is 14.0 Å². The lowest BCUT2D eigenvalue weighted by atomic mass is 10.0. The first-order valence-corrected chi connectivity index (χ1v) is 12.5. The number of piperidine rings is 1. The molecule has 4 rings (SSSR count). The molecule has 0 N–H and O–H groups in total. The number of hydrogen-bond donors (Lipinski definition) is 0. The topological polar surface area (TPSA) is 73.7 Å². The summed E-state index contributed by atoms with van der Waals surface area (Å²) in [6.07, 6.45) is 5.02. The van der Waals surface area contributed by atoms with Crippen LogP contribution in [0.4, 0.5) is 9.18 Å². The quantitative estimate of drug-likeness (QED) is 0.446. The Kier molecular flexibility index (Phi) is 7.62. The van der Waals surface area contributed by atoms with Crippen molar-refractivity contribution in [3.8, 4) is 16.9 Å². The van der Waals surface area contributed by atoms with E-state index >= 15 is 0 Å². The van der Waals surface area contributed by atoms with Gasteiger partial charge in [-0.1, -0.05) is 25.5 Å². The zero-order chi connectivity index (χ0) is 25.9. The fourth-order valence-corrected chi connectivity index (χ4v) is 4.36. The van der Waals surface area contributed by atoms with Crippen LogP contribution in [0.1, 0.15) is 47.0 Å². The maximum atomic E-state index is 14.9. The minimum absolute atomic E-state index is 0.0398. The van der Waals surface area contributed by atoms with Crippen molar-refractivity contribution in [1.29, 1.82) is 0 Å². The molecule has 0 aliphatic carbocycles. The van der Waals surface area contributed by atoms with E-state index in [1.165, 1.54) is 4.90 Å². The number of likely N-dealkylation sites (tertiary alicyclic amines) is 1. The van der Waals surface area contributed by atoms with Crippen LogP contribution >= 0.6 is 0 Å². The zero-order valence-corrected chi connectivity index (χ0v) is 21.4. The number of benzene rings is 1. The number of pyridine rings is 2. The molecule has 0 bridgehead atoms. The first-order valence-electron chi connectivity index (χ1n) is 12.5. The number of carbonyl (C=O) groups excluding carboxylic acids is 1. The molecule has 2 aromatic heterocycles. The van der Waals surface area contributed by atoms with Crippen LogP contribution < -0.4 is 10.3 Å². The average Bonchev–Trinajstić information content (AvgIpc) is 2.84. The predicted molar refractivity (Wildman–Crippen MR) is 138 cm³/mol. The van der Waals surface area contributed by atoms with E-state index in [1.807, 2.05) is 36.5 Å². The van der Waals surface area contributed by atoms with Crippen LogP contribution in [0.25, 0.3) is 21.9 Å². The standard InChI is InChI=1S/C28H34FN3O4/c1-5-6-14-31-17-23(21-11-13-30-16-22(21)26(31)33)19-7-9-20(10-8-19)35-25-12-15-32(18-24(25)29)27(34)36-28(2,3)4/h7-11,13,16-17,24-25H,5-6,12,14-15,18H2,1-4H3/t24-,25-/m0/s1. The highest BCUT2D eigenvalue weighted by molar-refractivity contribution is 5.95. The second kappa shape index (κ2) is 10.7. The Balaban J connectivity index is 1.49. The summed E-state index contributed by atoms with van der Waals surface area (Å²) in [6, 6.07) is 9.32. The Morgan fingerprint density at radius 3 is 2.58 bits per heavy atom. The smallest absolute Gasteiger partial charge is 0.410 e. The Labute approximate surface area is 210 Å². The van der Waals surface area contributed by atoms with Gasteiger partial charge in [-0.05, 0) is 56.3 Å².